The van der Waals surface area contributed by atoms with Gasteiger partial charge in [0.05, 0.1) is 19.3 Å². The average Bonchev–Trinajstić information content (AvgIpc) is 2.94. The Morgan fingerprint density at radius 3 is 2.50 bits per heavy atom. The van der Waals surface area contributed by atoms with Crippen LogP contribution in [0.4, 0.5) is 4.79 Å². The van der Waals surface area contributed by atoms with Crippen LogP contribution in [-0.4, -0.2) is 54.4 Å². The van der Waals surface area contributed by atoms with Gasteiger partial charge in [-0.2, -0.15) is 0 Å². The van der Waals surface area contributed by atoms with Crippen molar-refractivity contribution in [2.24, 2.45) is 5.92 Å². The smallest absolute Gasteiger partial charge is 0.408 e. The Labute approximate surface area is 224 Å². The Morgan fingerprint density at radius 2 is 1.82 bits per heavy atom. The molecule has 0 fully saturated rings. The third-order valence-corrected chi connectivity index (χ3v) is 6.76. The number of hydrogen-bond acceptors (Lipinski definition) is 6. The van der Waals surface area contributed by atoms with E-state index >= 15 is 0 Å². The van der Waals surface area contributed by atoms with Gasteiger partial charge in [-0.15, -0.1) is 0 Å². The molecule has 2 aromatic carbocycles. The van der Waals surface area contributed by atoms with E-state index in [2.05, 4.69) is 16.0 Å². The van der Waals surface area contributed by atoms with Crippen molar-refractivity contribution in [1.82, 2.24) is 16.0 Å². The topological polar surface area (TPSA) is 126 Å². The molecule has 0 saturated carbocycles. The number of aliphatic hydroxyl groups is 1. The number of nitrogens with one attached hydrogen (secondary N) is 3. The van der Waals surface area contributed by atoms with Crippen LogP contribution in [0.3, 0.4) is 0 Å². The van der Waals surface area contributed by atoms with Crippen molar-refractivity contribution in [1.29, 1.82) is 0 Å². The lowest BCUT2D eigenvalue weighted by Crippen LogP contribution is -2.57. The molecule has 3 amide bonds. The van der Waals surface area contributed by atoms with Crippen LogP contribution in [0.15, 0.2) is 54.6 Å². The fourth-order valence-electron chi connectivity index (χ4n) is 4.21. The zero-order valence-corrected chi connectivity index (χ0v) is 22.2. The van der Waals surface area contributed by atoms with E-state index in [0.717, 1.165) is 24.0 Å². The highest BCUT2D eigenvalue weighted by Crippen LogP contribution is 2.16. The summed E-state index contributed by atoms with van der Waals surface area (Å²) in [7, 11) is 0. The number of alkyl carbamates (subject to hydrolysis) is 1. The van der Waals surface area contributed by atoms with Crippen LogP contribution < -0.4 is 20.7 Å². The SMILES string of the molecule is CC[C@H](C)[C@@H]1NC(=O)[C@@H](NC(=O)OCc2ccccc2)Cc2ccc(cc2)OCCCC[C@@H](CO)NC1=O. The number of carbonyl (C=O) groups is 3. The van der Waals surface area contributed by atoms with Crippen molar-refractivity contribution in [3.8, 4) is 5.75 Å². The molecule has 206 valence electrons. The monoisotopic (exact) mass is 525 g/mol. The number of aliphatic hydroxyl groups excluding tert-OH is 1. The lowest BCUT2D eigenvalue weighted by molar-refractivity contribution is -0.131. The highest BCUT2D eigenvalue weighted by atomic mass is 16.5. The molecule has 0 aliphatic carbocycles. The van der Waals surface area contributed by atoms with Gasteiger partial charge in [-0.05, 0) is 48.4 Å². The normalized spacial score (nSPS) is 21.8. The number of carbonyl (C=O) groups excluding carboxylic acids is 3. The van der Waals surface area contributed by atoms with E-state index in [4.69, 9.17) is 9.47 Å². The van der Waals surface area contributed by atoms with E-state index in [0.29, 0.717) is 25.2 Å². The summed E-state index contributed by atoms with van der Waals surface area (Å²) in [4.78, 5) is 39.3. The van der Waals surface area contributed by atoms with Crippen molar-refractivity contribution >= 4 is 17.9 Å². The summed E-state index contributed by atoms with van der Waals surface area (Å²) in [5.74, 6) is -0.314. The minimum Gasteiger partial charge on any atom is -0.494 e. The van der Waals surface area contributed by atoms with Crippen LogP contribution in [0.25, 0.3) is 0 Å². The van der Waals surface area contributed by atoms with Gasteiger partial charge in [-0.25, -0.2) is 4.79 Å². The molecule has 0 unspecified atom stereocenters. The molecule has 0 spiro atoms. The minimum atomic E-state index is -0.978. The van der Waals surface area contributed by atoms with Crippen LogP contribution in [0.5, 0.6) is 5.75 Å². The summed E-state index contributed by atoms with van der Waals surface area (Å²) in [6.07, 6.45) is 2.24. The fourth-order valence-corrected chi connectivity index (χ4v) is 4.21. The Balaban J connectivity index is 1.81. The van der Waals surface area contributed by atoms with Gasteiger partial charge in [0.25, 0.3) is 0 Å². The van der Waals surface area contributed by atoms with E-state index in [1.807, 2.05) is 68.4 Å². The molecule has 9 nitrogen and oxygen atoms in total. The maximum absolute atomic E-state index is 13.5. The lowest BCUT2D eigenvalue weighted by atomic mass is 9.96. The first-order chi connectivity index (χ1) is 18.4. The second-order valence-electron chi connectivity index (χ2n) is 9.71. The summed E-state index contributed by atoms with van der Waals surface area (Å²) in [6.45, 7) is 4.19. The number of amides is 3. The largest absolute Gasteiger partial charge is 0.494 e. The van der Waals surface area contributed by atoms with E-state index < -0.39 is 30.1 Å². The predicted octanol–water partition coefficient (Wildman–Crippen LogP) is 3.09. The second-order valence-corrected chi connectivity index (χ2v) is 9.71. The molecule has 2 bridgehead atoms. The highest BCUT2D eigenvalue weighted by molar-refractivity contribution is 5.91. The molecule has 2 heterocycles. The highest BCUT2D eigenvalue weighted by Gasteiger charge is 2.31. The Morgan fingerprint density at radius 1 is 1.08 bits per heavy atom. The molecule has 0 radical (unpaired) electrons. The van der Waals surface area contributed by atoms with E-state index in [-0.39, 0.29) is 31.5 Å². The number of hydrogen-bond donors (Lipinski definition) is 4. The number of rotatable bonds is 6. The molecule has 4 atom stereocenters. The van der Waals surface area contributed by atoms with Gasteiger partial charge in [0.2, 0.25) is 11.8 Å². The second kappa shape index (κ2) is 15.0. The first-order valence-electron chi connectivity index (χ1n) is 13.3. The van der Waals surface area contributed by atoms with Crippen LogP contribution in [0, 0.1) is 5.92 Å². The van der Waals surface area contributed by atoms with Crippen molar-refractivity contribution in [2.75, 3.05) is 13.2 Å². The van der Waals surface area contributed by atoms with Gasteiger partial charge in [-0.1, -0.05) is 62.7 Å². The number of benzene rings is 2. The lowest BCUT2D eigenvalue weighted by Gasteiger charge is -2.28. The summed E-state index contributed by atoms with van der Waals surface area (Å²) in [5.41, 5.74) is 1.64. The van der Waals surface area contributed by atoms with Crippen molar-refractivity contribution in [3.05, 3.63) is 65.7 Å². The molecule has 2 aromatic rings. The molecular weight excluding hydrogens is 486 g/mol. The van der Waals surface area contributed by atoms with Gasteiger partial charge in [0.1, 0.15) is 24.4 Å². The summed E-state index contributed by atoms with van der Waals surface area (Å²) >= 11 is 0. The van der Waals surface area contributed by atoms with Crippen molar-refractivity contribution in [2.45, 2.75) is 70.7 Å². The maximum Gasteiger partial charge on any atom is 0.408 e. The zero-order chi connectivity index (χ0) is 27.3. The fraction of sp³-hybridized carbons (Fsp3) is 0.483. The van der Waals surface area contributed by atoms with Crippen LogP contribution in [0.1, 0.15) is 50.7 Å². The third-order valence-electron chi connectivity index (χ3n) is 6.76. The summed E-state index contributed by atoms with van der Waals surface area (Å²) in [6, 6.07) is 14.4. The number of ether oxygens (including phenoxy) is 2. The van der Waals surface area contributed by atoms with E-state index in [9.17, 15) is 19.5 Å². The maximum atomic E-state index is 13.5. The summed E-state index contributed by atoms with van der Waals surface area (Å²) in [5, 5.41) is 18.2. The van der Waals surface area contributed by atoms with Gasteiger partial charge in [-0.3, -0.25) is 9.59 Å². The van der Waals surface area contributed by atoms with Crippen molar-refractivity contribution in [3.63, 3.8) is 0 Å². The molecule has 9 heteroatoms. The van der Waals surface area contributed by atoms with Crippen LogP contribution in [0.2, 0.25) is 0 Å². The first kappa shape index (κ1) is 29.0. The van der Waals surface area contributed by atoms with Crippen LogP contribution >= 0.6 is 0 Å². The molecule has 4 rings (SSSR count). The van der Waals surface area contributed by atoms with Gasteiger partial charge < -0.3 is 30.5 Å². The molecular formula is C29H39N3O6. The Kier molecular flexibility index (Phi) is 11.4. The number of fused-ring (bicyclic) bond motifs is 14. The quantitative estimate of drug-likeness (QED) is 0.459. The van der Waals surface area contributed by atoms with Crippen molar-refractivity contribution < 1.29 is 29.0 Å². The van der Waals surface area contributed by atoms with Crippen LogP contribution in [-0.2, 0) is 27.4 Å². The van der Waals surface area contributed by atoms with E-state index in [1.165, 1.54) is 0 Å². The Bertz CT molecular complexity index is 1030. The Hall–Kier alpha value is -3.59. The predicted molar refractivity (Wildman–Crippen MR) is 143 cm³/mol. The standard InChI is InChI=1S/C29H39N3O6/c1-3-20(2)26-28(35)30-23(18-33)11-7-8-16-37-24-14-12-21(13-15-24)17-25(27(34)32-26)31-29(36)38-19-22-9-5-4-6-10-22/h4-6,9-10,12-15,20,23,25-26,33H,3,7-8,11,16-19H2,1-2H3,(H,30,35)(H,31,36)(H,32,34)/t20-,23-,25-,26-/m0/s1. The zero-order valence-electron chi connectivity index (χ0n) is 22.2. The van der Waals surface area contributed by atoms with Gasteiger partial charge in [0, 0.05) is 6.42 Å². The first-order valence-corrected chi connectivity index (χ1v) is 13.3. The third kappa shape index (κ3) is 9.06. The molecule has 2 aliphatic heterocycles. The van der Waals surface area contributed by atoms with E-state index in [1.54, 1.807) is 0 Å². The molecule has 4 N–H and O–H groups in total. The molecule has 0 aromatic heterocycles. The van der Waals surface area contributed by atoms with Gasteiger partial charge >= 0.3 is 6.09 Å². The molecule has 38 heavy (non-hydrogen) atoms. The summed E-state index contributed by atoms with van der Waals surface area (Å²) < 4.78 is 11.2. The molecule has 2 aliphatic rings. The molecule has 0 saturated heterocycles. The average molecular weight is 526 g/mol. The van der Waals surface area contributed by atoms with Gasteiger partial charge in [0.15, 0.2) is 0 Å². The minimum absolute atomic E-state index is 0.0630.